The number of nitrogens with zero attached hydrogens (tertiary/aromatic N) is 4. The molecule has 15 heteroatoms. The van der Waals surface area contributed by atoms with Gasteiger partial charge >= 0.3 is 12.2 Å². The van der Waals surface area contributed by atoms with Crippen molar-refractivity contribution in [1.29, 1.82) is 0 Å². The number of hydrogen-bond acceptors (Lipinski definition) is 10. The number of carbonyl (C=O) groups excluding carboxylic acids is 3. The molecule has 4 rings (SSSR count). The summed E-state index contributed by atoms with van der Waals surface area (Å²) in [5.74, 6) is -0.00327. The molecule has 0 radical (unpaired) electrons. The maximum atomic E-state index is 13.3. The molecule has 14 nitrogen and oxygen atoms in total. The van der Waals surface area contributed by atoms with Gasteiger partial charge in [-0.25, -0.2) is 9.59 Å². The number of likely N-dealkylation sites (tertiary alicyclic amines) is 2. The number of nitro benzene ring substituents is 2. The maximum Gasteiger partial charge on any atom is 0.410 e. The number of amides is 3. The maximum absolute atomic E-state index is 13.3. The molecule has 3 atom stereocenters. The summed E-state index contributed by atoms with van der Waals surface area (Å²) < 4.78 is 10.6. The fourth-order valence-electron chi connectivity index (χ4n) is 4.96. The summed E-state index contributed by atoms with van der Waals surface area (Å²) in [7, 11) is 0. The van der Waals surface area contributed by atoms with Gasteiger partial charge in [0.2, 0.25) is 5.91 Å². The molecule has 0 spiro atoms. The zero-order valence-electron chi connectivity index (χ0n) is 22.6. The molecule has 2 saturated heterocycles. The van der Waals surface area contributed by atoms with Crippen molar-refractivity contribution in [3.63, 3.8) is 0 Å². The third-order valence-electron chi connectivity index (χ3n) is 7.24. The molecule has 0 saturated carbocycles. The number of nitro groups is 2. The SMILES string of the molecule is O=C(NCC[C@H]1CCN(C(=O)[C@@H]2C[C@H](S)CN2C(=O)OCc2ccc([N+](=O)[O-])cc2)C1)OCc1ccc([N+](=O)[O-])cc1. The van der Waals surface area contributed by atoms with Crippen molar-refractivity contribution in [2.75, 3.05) is 26.2 Å². The molecule has 0 aliphatic carbocycles. The first kappa shape index (κ1) is 30.6. The molecule has 2 fully saturated rings. The normalized spacial score (nSPS) is 19.8. The molecular formula is C27H31N5O9S. The average Bonchev–Trinajstić information content (AvgIpc) is 3.61. The lowest BCUT2D eigenvalue weighted by Gasteiger charge is -2.27. The molecule has 3 amide bonds. The van der Waals surface area contributed by atoms with Crippen LogP contribution in [0.4, 0.5) is 21.0 Å². The van der Waals surface area contributed by atoms with Crippen molar-refractivity contribution in [1.82, 2.24) is 15.1 Å². The monoisotopic (exact) mass is 601 g/mol. The van der Waals surface area contributed by atoms with E-state index in [2.05, 4.69) is 17.9 Å². The van der Waals surface area contributed by atoms with Gasteiger partial charge in [-0.15, -0.1) is 0 Å². The number of hydrogen-bond donors (Lipinski definition) is 2. The Hall–Kier alpha value is -4.40. The third-order valence-corrected chi connectivity index (χ3v) is 7.62. The van der Waals surface area contributed by atoms with Crippen LogP contribution in [-0.2, 0) is 27.5 Å². The Bertz CT molecular complexity index is 1310. The summed E-state index contributed by atoms with van der Waals surface area (Å²) in [4.78, 5) is 61.9. The molecule has 2 aliphatic heterocycles. The number of ether oxygens (including phenoxy) is 2. The molecule has 2 aliphatic rings. The van der Waals surface area contributed by atoms with E-state index in [9.17, 15) is 34.6 Å². The van der Waals surface area contributed by atoms with Crippen molar-refractivity contribution in [2.24, 2.45) is 5.92 Å². The summed E-state index contributed by atoms with van der Waals surface area (Å²) in [6.45, 7) is 1.55. The van der Waals surface area contributed by atoms with E-state index in [-0.39, 0.29) is 48.2 Å². The van der Waals surface area contributed by atoms with Gasteiger partial charge in [-0.1, -0.05) is 0 Å². The smallest absolute Gasteiger partial charge is 0.410 e. The van der Waals surface area contributed by atoms with Crippen LogP contribution >= 0.6 is 12.6 Å². The largest absolute Gasteiger partial charge is 0.445 e. The van der Waals surface area contributed by atoms with Crippen LogP contribution in [0.3, 0.4) is 0 Å². The van der Waals surface area contributed by atoms with Crippen molar-refractivity contribution in [3.8, 4) is 0 Å². The molecule has 2 aromatic carbocycles. The lowest BCUT2D eigenvalue weighted by atomic mass is 10.1. The first-order chi connectivity index (χ1) is 20.1. The van der Waals surface area contributed by atoms with Crippen LogP contribution in [-0.4, -0.2) is 75.2 Å². The summed E-state index contributed by atoms with van der Waals surface area (Å²) in [6, 6.07) is 10.7. The molecule has 0 unspecified atom stereocenters. The van der Waals surface area contributed by atoms with Gasteiger partial charge in [0, 0.05) is 55.7 Å². The van der Waals surface area contributed by atoms with Gasteiger partial charge in [-0.3, -0.25) is 29.9 Å². The predicted octanol–water partition coefficient (Wildman–Crippen LogP) is 3.68. The van der Waals surface area contributed by atoms with Crippen LogP contribution in [0.15, 0.2) is 48.5 Å². The second-order valence-corrected chi connectivity index (χ2v) is 10.9. The van der Waals surface area contributed by atoms with E-state index in [1.807, 2.05) is 0 Å². The molecule has 1 N–H and O–H groups in total. The topological polar surface area (TPSA) is 174 Å². The minimum Gasteiger partial charge on any atom is -0.445 e. The zero-order valence-corrected chi connectivity index (χ0v) is 23.5. The van der Waals surface area contributed by atoms with Gasteiger partial charge in [0.05, 0.1) is 9.85 Å². The molecule has 224 valence electrons. The minimum atomic E-state index is -0.692. The number of carbonyl (C=O) groups is 3. The Balaban J connectivity index is 1.19. The molecule has 0 aromatic heterocycles. The number of benzene rings is 2. The van der Waals surface area contributed by atoms with Crippen LogP contribution in [0.2, 0.25) is 0 Å². The average molecular weight is 602 g/mol. The van der Waals surface area contributed by atoms with Crippen LogP contribution in [0.5, 0.6) is 0 Å². The van der Waals surface area contributed by atoms with E-state index in [4.69, 9.17) is 9.47 Å². The highest BCUT2D eigenvalue weighted by atomic mass is 32.1. The molecule has 2 heterocycles. The van der Waals surface area contributed by atoms with Crippen molar-refractivity contribution in [2.45, 2.75) is 43.8 Å². The van der Waals surface area contributed by atoms with Gasteiger partial charge in [0.15, 0.2) is 0 Å². The first-order valence-electron chi connectivity index (χ1n) is 13.4. The van der Waals surface area contributed by atoms with E-state index in [0.29, 0.717) is 43.6 Å². The van der Waals surface area contributed by atoms with Crippen molar-refractivity contribution >= 4 is 42.1 Å². The van der Waals surface area contributed by atoms with E-state index in [0.717, 1.165) is 6.42 Å². The Labute approximate surface area is 246 Å². The van der Waals surface area contributed by atoms with Crippen LogP contribution in [0.25, 0.3) is 0 Å². The summed E-state index contributed by atoms with van der Waals surface area (Å²) in [6.07, 6.45) is 0.547. The molecular weight excluding hydrogens is 570 g/mol. The fourth-order valence-corrected chi connectivity index (χ4v) is 5.34. The van der Waals surface area contributed by atoms with Gasteiger partial charge in [0.1, 0.15) is 19.3 Å². The Morgan fingerprint density at radius 3 is 2.05 bits per heavy atom. The quantitative estimate of drug-likeness (QED) is 0.234. The van der Waals surface area contributed by atoms with Gasteiger partial charge < -0.3 is 19.7 Å². The van der Waals surface area contributed by atoms with Crippen molar-refractivity contribution in [3.05, 3.63) is 79.9 Å². The highest BCUT2D eigenvalue weighted by molar-refractivity contribution is 7.81. The highest BCUT2D eigenvalue weighted by Gasteiger charge is 2.42. The lowest BCUT2D eigenvalue weighted by Crippen LogP contribution is -2.47. The lowest BCUT2D eigenvalue weighted by molar-refractivity contribution is -0.385. The van der Waals surface area contributed by atoms with Gasteiger partial charge in [-0.05, 0) is 60.6 Å². The van der Waals surface area contributed by atoms with Crippen LogP contribution in [0.1, 0.15) is 30.4 Å². The number of non-ortho nitro benzene ring substituents is 2. The molecule has 0 bridgehead atoms. The van der Waals surface area contributed by atoms with E-state index in [1.165, 1.54) is 53.4 Å². The molecule has 42 heavy (non-hydrogen) atoms. The third kappa shape index (κ3) is 8.09. The van der Waals surface area contributed by atoms with Crippen LogP contribution < -0.4 is 5.32 Å². The Kier molecular flexibility index (Phi) is 10.2. The summed E-state index contributed by atoms with van der Waals surface area (Å²) in [5.41, 5.74) is 1.11. The standard InChI is InChI=1S/C27H31N5O9S/c33-25(24-13-23(42)15-30(24)27(35)41-17-20-3-7-22(8-4-20)32(38)39)29-12-10-18(14-29)9-11-28-26(34)40-16-19-1-5-21(6-2-19)31(36)37/h1-8,18,23-24,42H,9-17H2,(H,28,34)/t18-,23-,24-/m0/s1. The zero-order chi connectivity index (χ0) is 30.2. The first-order valence-corrected chi connectivity index (χ1v) is 13.9. The summed E-state index contributed by atoms with van der Waals surface area (Å²) >= 11 is 4.48. The van der Waals surface area contributed by atoms with E-state index < -0.39 is 28.1 Å². The second kappa shape index (κ2) is 14.0. The molecule has 2 aromatic rings. The second-order valence-electron chi connectivity index (χ2n) is 10.2. The van der Waals surface area contributed by atoms with Crippen molar-refractivity contribution < 1.29 is 33.7 Å². The number of rotatable bonds is 10. The van der Waals surface area contributed by atoms with Gasteiger partial charge in [0.25, 0.3) is 11.4 Å². The number of nitrogens with one attached hydrogen (secondary N) is 1. The fraction of sp³-hybridized carbons (Fsp3) is 0.444. The number of alkyl carbamates (subject to hydrolysis) is 1. The predicted molar refractivity (Wildman–Crippen MR) is 152 cm³/mol. The minimum absolute atomic E-state index is 0.0180. The van der Waals surface area contributed by atoms with Gasteiger partial charge in [-0.2, -0.15) is 12.6 Å². The summed E-state index contributed by atoms with van der Waals surface area (Å²) in [5, 5.41) is 24.1. The Morgan fingerprint density at radius 2 is 1.48 bits per heavy atom. The Morgan fingerprint density at radius 1 is 0.905 bits per heavy atom. The number of thiol groups is 1. The highest BCUT2D eigenvalue weighted by Crippen LogP contribution is 2.28. The van der Waals surface area contributed by atoms with E-state index >= 15 is 0 Å². The van der Waals surface area contributed by atoms with E-state index in [1.54, 1.807) is 4.90 Å². The van der Waals surface area contributed by atoms with Crippen LogP contribution in [0, 0.1) is 26.1 Å².